The summed E-state index contributed by atoms with van der Waals surface area (Å²) in [6, 6.07) is 0. The highest BCUT2D eigenvalue weighted by molar-refractivity contribution is 7.46. The summed E-state index contributed by atoms with van der Waals surface area (Å²) in [7, 11) is -5.22. The number of rotatable bonds is 19. The van der Waals surface area contributed by atoms with E-state index in [1.54, 1.807) is 0 Å². The summed E-state index contributed by atoms with van der Waals surface area (Å²) in [5, 5.41) is 10.4. The lowest BCUT2D eigenvalue weighted by Crippen LogP contribution is -2.52. The van der Waals surface area contributed by atoms with Gasteiger partial charge in [0, 0.05) is 0 Å². The summed E-state index contributed by atoms with van der Waals surface area (Å²) < 4.78 is 38.7. The van der Waals surface area contributed by atoms with Crippen molar-refractivity contribution in [2.75, 3.05) is 6.56 Å². The predicted molar refractivity (Wildman–Crippen MR) is 111 cm³/mol. The van der Waals surface area contributed by atoms with Crippen LogP contribution in [0.3, 0.4) is 0 Å². The fourth-order valence-electron chi connectivity index (χ4n) is 2.87. The van der Waals surface area contributed by atoms with Crippen molar-refractivity contribution in [3.8, 4) is 0 Å². The van der Waals surface area contributed by atoms with Crippen molar-refractivity contribution in [3.05, 3.63) is 12.7 Å². The van der Waals surface area contributed by atoms with E-state index < -0.39 is 26.0 Å². The molecular formula is C20H42NO5P. The van der Waals surface area contributed by atoms with Gasteiger partial charge in [0.15, 0.2) is 0 Å². The largest absolute Gasteiger partial charge is 0.469 e. The van der Waals surface area contributed by atoms with Gasteiger partial charge in [-0.3, -0.25) is 4.52 Å². The molecule has 0 rings (SSSR count). The molecule has 0 heterocycles. The van der Waals surface area contributed by atoms with Gasteiger partial charge in [-0.05, 0) is 6.42 Å². The molecule has 0 saturated carbocycles. The quantitative estimate of drug-likeness (QED) is 0.137. The van der Waals surface area contributed by atoms with Crippen molar-refractivity contribution in [2.24, 2.45) is 5.73 Å². The van der Waals surface area contributed by atoms with Gasteiger partial charge in [0.1, 0.15) is 0 Å². The van der Waals surface area contributed by atoms with Crippen LogP contribution in [0.1, 0.15) is 101 Å². The van der Waals surface area contributed by atoms with Crippen LogP contribution in [0.2, 0.25) is 0 Å². The van der Waals surface area contributed by atoms with Crippen LogP contribution in [-0.2, 0) is 9.09 Å². The van der Waals surface area contributed by atoms with E-state index in [1.165, 1.54) is 51.4 Å². The zero-order chi connectivity index (χ0) is 23.3. The zero-order valence-corrected chi connectivity index (χ0v) is 17.8. The van der Waals surface area contributed by atoms with Gasteiger partial charge in [0.2, 0.25) is 0 Å². The molecule has 0 amide bonds. The lowest BCUT2D eigenvalue weighted by Gasteiger charge is -2.31. The highest BCUT2D eigenvalue weighted by Gasteiger charge is 2.33. The molecule has 0 saturated heterocycles. The number of phosphoric acid groups is 1. The minimum Gasteiger partial charge on any atom is -0.391 e. The van der Waals surface area contributed by atoms with Gasteiger partial charge < -0.3 is 20.6 Å². The van der Waals surface area contributed by atoms with Gasteiger partial charge in [0.25, 0.3) is 0 Å². The summed E-state index contributed by atoms with van der Waals surface area (Å²) in [5.41, 5.74) is 3.29. The van der Waals surface area contributed by atoms with Crippen molar-refractivity contribution in [1.29, 1.82) is 0 Å². The molecule has 0 spiro atoms. The van der Waals surface area contributed by atoms with Crippen LogP contribution in [0.5, 0.6) is 0 Å². The molecule has 0 aromatic carbocycles. The lowest BCUT2D eigenvalue weighted by atomic mass is 9.90. The van der Waals surface area contributed by atoms with Crippen molar-refractivity contribution < 1.29 is 28.1 Å². The second kappa shape index (κ2) is 15.7. The molecule has 2 atom stereocenters. The van der Waals surface area contributed by atoms with Gasteiger partial charge in [0.05, 0.1) is 22.3 Å². The molecule has 5 N–H and O–H groups in total. The third-order valence-corrected chi connectivity index (χ3v) is 4.98. The first-order valence-electron chi connectivity index (χ1n) is 11.7. The standard InChI is InChI=1S/C20H42NO5P/c1-3-5-6-7-8-9-10-11-12-13-14-15-16-17-19(22)20(21,4-2)18-26-27(23,24)25/h4,19,22H,2-3,5-18,21H2,1H3,(H2,23,24,25)/i18T2,19T. The molecule has 2 unspecified atom stereocenters. The van der Waals surface area contributed by atoms with E-state index >= 15 is 0 Å². The Kier molecular flexibility index (Phi) is 12.5. The van der Waals surface area contributed by atoms with E-state index in [-0.39, 0.29) is 6.42 Å². The van der Waals surface area contributed by atoms with Gasteiger partial charge in [-0.25, -0.2) is 4.57 Å². The summed E-state index contributed by atoms with van der Waals surface area (Å²) in [6.45, 7) is 2.37. The number of hydrogen-bond acceptors (Lipinski definition) is 4. The van der Waals surface area contributed by atoms with Crippen molar-refractivity contribution in [3.63, 3.8) is 0 Å². The monoisotopic (exact) mass is 413 g/mol. The Morgan fingerprint density at radius 3 is 1.85 bits per heavy atom. The van der Waals surface area contributed by atoms with E-state index in [0.29, 0.717) is 6.42 Å². The van der Waals surface area contributed by atoms with Crippen LogP contribution in [-0.4, -0.2) is 33.1 Å². The third kappa shape index (κ3) is 15.4. The van der Waals surface area contributed by atoms with Crippen molar-refractivity contribution in [1.82, 2.24) is 0 Å². The van der Waals surface area contributed by atoms with Crippen molar-refractivity contribution in [2.45, 2.75) is 108 Å². The average molecular weight is 414 g/mol. The Labute approximate surface area is 170 Å². The highest BCUT2D eigenvalue weighted by atomic mass is 31.2. The zero-order valence-electron chi connectivity index (χ0n) is 19.9. The number of hydrogen-bond donors (Lipinski definition) is 4. The first-order chi connectivity index (χ1) is 13.8. The second-order valence-electron chi connectivity index (χ2n) is 7.20. The fourth-order valence-corrected chi connectivity index (χ4v) is 3.14. The molecule has 0 aliphatic rings. The first kappa shape index (κ1) is 21.5. The summed E-state index contributed by atoms with van der Waals surface area (Å²) in [4.78, 5) is 17.8. The molecule has 0 fully saturated rings. The lowest BCUT2D eigenvalue weighted by molar-refractivity contribution is 0.0582. The Bertz CT molecular complexity index is 531. The molecule has 162 valence electrons. The van der Waals surface area contributed by atoms with E-state index in [4.69, 9.17) is 19.6 Å². The molecule has 27 heavy (non-hydrogen) atoms. The molecule has 6 nitrogen and oxygen atoms in total. The molecular weight excluding hydrogens is 365 g/mol. The van der Waals surface area contributed by atoms with Crippen LogP contribution in [0.25, 0.3) is 0 Å². The van der Waals surface area contributed by atoms with E-state index in [9.17, 15) is 9.67 Å². The fraction of sp³-hybridized carbons (Fsp3) is 0.900. The maximum Gasteiger partial charge on any atom is 0.469 e. The molecule has 0 aliphatic carbocycles. The molecule has 0 bridgehead atoms. The predicted octanol–water partition coefficient (Wildman–Crippen LogP) is 4.82. The van der Waals surface area contributed by atoms with Crippen LogP contribution < -0.4 is 5.73 Å². The SMILES string of the molecule is [3H]C(O)(CCCCCCCCCCCCCCC)C(N)(C=C)C([3H])([3H])OP(=O)(O)O. The van der Waals surface area contributed by atoms with E-state index in [1.807, 2.05) is 0 Å². The number of phosphoric ester groups is 1. The van der Waals surface area contributed by atoms with Crippen LogP contribution >= 0.6 is 7.82 Å². The Morgan fingerprint density at radius 2 is 1.48 bits per heavy atom. The van der Waals surface area contributed by atoms with Gasteiger partial charge in [-0.2, -0.15) is 0 Å². The van der Waals surface area contributed by atoms with Gasteiger partial charge in [-0.1, -0.05) is 96.5 Å². The maximum atomic E-state index is 11.0. The van der Waals surface area contributed by atoms with Crippen LogP contribution in [0.15, 0.2) is 12.7 Å². The van der Waals surface area contributed by atoms with Crippen LogP contribution in [0, 0.1) is 0 Å². The molecule has 0 aromatic heterocycles. The Morgan fingerprint density at radius 1 is 1.07 bits per heavy atom. The topological polar surface area (TPSA) is 113 Å². The van der Waals surface area contributed by atoms with E-state index in [0.717, 1.165) is 31.8 Å². The Balaban J connectivity index is 4.18. The number of nitrogens with two attached hydrogens (primary N) is 1. The summed E-state index contributed by atoms with van der Waals surface area (Å²) in [6.07, 6.45) is 12.7. The molecule has 0 radical (unpaired) electrons. The van der Waals surface area contributed by atoms with Gasteiger partial charge in [-0.15, -0.1) is 6.58 Å². The average Bonchev–Trinajstić information content (AvgIpc) is 2.62. The summed E-state index contributed by atoms with van der Waals surface area (Å²) in [5.74, 6) is 0. The Hall–Kier alpha value is -0.230. The molecule has 7 heteroatoms. The molecule has 0 aliphatic heterocycles. The smallest absolute Gasteiger partial charge is 0.391 e. The van der Waals surface area contributed by atoms with Gasteiger partial charge >= 0.3 is 7.82 Å². The van der Waals surface area contributed by atoms with E-state index in [2.05, 4.69) is 18.0 Å². The summed E-state index contributed by atoms with van der Waals surface area (Å²) >= 11 is 0. The third-order valence-electron chi connectivity index (χ3n) is 4.65. The second-order valence-corrected chi connectivity index (χ2v) is 8.36. The number of aliphatic hydroxyl groups is 1. The number of unbranched alkanes of at least 4 members (excludes halogenated alkanes) is 12. The molecule has 0 aromatic rings. The first-order valence-corrected chi connectivity index (χ1v) is 11.8. The van der Waals surface area contributed by atoms with Crippen LogP contribution in [0.4, 0.5) is 0 Å². The maximum absolute atomic E-state index is 11.0. The normalized spacial score (nSPS) is 18.8. The van der Waals surface area contributed by atoms with Crippen molar-refractivity contribution >= 4 is 7.82 Å². The highest BCUT2D eigenvalue weighted by Crippen LogP contribution is 2.37. The minimum absolute atomic E-state index is 0.169. The minimum atomic E-state index is -5.22.